The summed E-state index contributed by atoms with van der Waals surface area (Å²) in [6, 6.07) is 48.8. The molecular weight excluding hydrogens is 560 g/mol. The van der Waals surface area contributed by atoms with Crippen molar-refractivity contribution in [1.29, 1.82) is 5.26 Å². The van der Waals surface area contributed by atoms with Gasteiger partial charge in [0.05, 0.1) is 0 Å². The molecule has 6 aromatic carbocycles. The van der Waals surface area contributed by atoms with Gasteiger partial charge in [-0.25, -0.2) is 4.98 Å². The van der Waals surface area contributed by atoms with Crippen molar-refractivity contribution in [2.45, 2.75) is 0 Å². The zero-order valence-electron chi connectivity index (χ0n) is 24.6. The molecule has 0 unspecified atom stereocenters. The Morgan fingerprint density at radius 1 is 0.435 bits per heavy atom. The van der Waals surface area contributed by atoms with Crippen LogP contribution in [-0.4, -0.2) is 9.97 Å². The van der Waals surface area contributed by atoms with Gasteiger partial charge in [-0.3, -0.25) is 0 Å². The van der Waals surface area contributed by atoms with Crippen molar-refractivity contribution < 1.29 is 0 Å². The second kappa shape index (κ2) is 11.1. The molecule has 0 N–H and O–H groups in total. The van der Waals surface area contributed by atoms with Gasteiger partial charge in [0.1, 0.15) is 18.0 Å². The molecule has 212 valence electrons. The Hall–Kier alpha value is -6.62. The number of pyridine rings is 2. The van der Waals surface area contributed by atoms with Crippen molar-refractivity contribution in [1.82, 2.24) is 9.97 Å². The minimum Gasteiger partial charge on any atom is -0.361 e. The van der Waals surface area contributed by atoms with Gasteiger partial charge in [-0.2, -0.15) is 5.26 Å². The van der Waals surface area contributed by atoms with Crippen molar-refractivity contribution in [2.75, 3.05) is 0 Å². The van der Waals surface area contributed by atoms with Crippen LogP contribution in [0.5, 0.6) is 0 Å². The van der Waals surface area contributed by atoms with E-state index in [1.165, 1.54) is 32.3 Å². The molecule has 4 heteroatoms. The van der Waals surface area contributed by atoms with Crippen molar-refractivity contribution in [2.24, 2.45) is 0 Å². The molecule has 0 aliphatic carbocycles. The van der Waals surface area contributed by atoms with E-state index in [2.05, 4.69) is 130 Å². The third kappa shape index (κ3) is 4.72. The van der Waals surface area contributed by atoms with Gasteiger partial charge in [0, 0.05) is 6.20 Å². The third-order valence-corrected chi connectivity index (χ3v) is 8.67. The Balaban J connectivity index is 1.19. The smallest absolute Gasteiger partial charge is 0.270 e. The zero-order chi connectivity index (χ0) is 31.0. The number of hydrogen-bond acceptors (Lipinski definition) is 3. The van der Waals surface area contributed by atoms with Crippen LogP contribution in [-0.2, 0) is 0 Å². The molecule has 4 nitrogen and oxygen atoms in total. The van der Waals surface area contributed by atoms with Gasteiger partial charge in [0.25, 0.3) is 5.82 Å². The van der Waals surface area contributed by atoms with Crippen molar-refractivity contribution in [3.63, 3.8) is 0 Å². The average Bonchev–Trinajstić information content (AvgIpc) is 3.14. The van der Waals surface area contributed by atoms with E-state index in [4.69, 9.17) is 6.57 Å². The maximum atomic E-state index is 9.23. The highest BCUT2D eigenvalue weighted by molar-refractivity contribution is 6.26. The van der Waals surface area contributed by atoms with Crippen molar-refractivity contribution >= 4 is 38.1 Å². The summed E-state index contributed by atoms with van der Waals surface area (Å²) in [5.74, 6) is 0.400. The van der Waals surface area contributed by atoms with Crippen LogP contribution in [0.4, 0.5) is 5.82 Å². The van der Waals surface area contributed by atoms with Gasteiger partial charge in [-0.1, -0.05) is 104 Å². The first-order chi connectivity index (χ1) is 22.7. The molecule has 0 spiro atoms. The number of rotatable bonds is 4. The summed E-state index contributed by atoms with van der Waals surface area (Å²) in [6.45, 7) is 7.27. The van der Waals surface area contributed by atoms with Crippen LogP contribution in [0.25, 0.3) is 81.7 Å². The highest BCUT2D eigenvalue weighted by Crippen LogP contribution is 2.39. The Morgan fingerprint density at radius 3 is 1.33 bits per heavy atom. The second-order valence-corrected chi connectivity index (χ2v) is 11.3. The van der Waals surface area contributed by atoms with E-state index in [-0.39, 0.29) is 0 Å². The highest BCUT2D eigenvalue weighted by Gasteiger charge is 2.12. The van der Waals surface area contributed by atoms with E-state index < -0.39 is 0 Å². The minimum atomic E-state index is 0.400. The summed E-state index contributed by atoms with van der Waals surface area (Å²) in [7, 11) is 0. The number of nitrogens with zero attached hydrogens (tertiary/aromatic N) is 4. The van der Waals surface area contributed by atoms with Crippen molar-refractivity contribution in [3.8, 4) is 50.6 Å². The number of fused-ring (bicyclic) bond motifs is 6. The maximum absolute atomic E-state index is 9.23. The summed E-state index contributed by atoms with van der Waals surface area (Å²) in [6.07, 6.45) is 3.36. The molecule has 0 atom stereocenters. The quantitative estimate of drug-likeness (QED) is 0.153. The maximum Gasteiger partial charge on any atom is 0.270 e. The first-order valence-corrected chi connectivity index (χ1v) is 15.0. The van der Waals surface area contributed by atoms with E-state index >= 15 is 0 Å². The van der Waals surface area contributed by atoms with Gasteiger partial charge < -0.3 is 4.85 Å². The van der Waals surface area contributed by atoms with Gasteiger partial charge >= 0.3 is 0 Å². The Bertz CT molecular complexity index is 2330. The van der Waals surface area contributed by atoms with Crippen LogP contribution < -0.4 is 0 Å². The molecule has 0 saturated heterocycles. The molecule has 8 rings (SSSR count). The second-order valence-electron chi connectivity index (χ2n) is 11.3. The molecule has 46 heavy (non-hydrogen) atoms. The van der Waals surface area contributed by atoms with Crippen LogP contribution in [0.15, 0.2) is 146 Å². The minimum absolute atomic E-state index is 0.400. The number of nitriles is 1. The third-order valence-electron chi connectivity index (χ3n) is 8.67. The Morgan fingerprint density at radius 2 is 0.848 bits per heavy atom. The number of benzene rings is 6. The van der Waals surface area contributed by atoms with Crippen LogP contribution in [0, 0.1) is 17.9 Å². The summed E-state index contributed by atoms with van der Waals surface area (Å²) in [5, 5.41) is 16.6. The number of hydrogen-bond donors (Lipinski definition) is 0. The van der Waals surface area contributed by atoms with Gasteiger partial charge in [0.15, 0.2) is 0 Å². The first-order valence-electron chi connectivity index (χ1n) is 15.0. The fourth-order valence-electron chi connectivity index (χ4n) is 6.36. The SMILES string of the molecule is [C-]#[N+]c1cc(-c2ccc(-c3ccc4c5ccc(-c6ccc(-c7ccnc(C#N)c7)cc6)cc5c5ccccc5c4c3)cc2)ccn1. The fraction of sp³-hybridized carbons (Fsp3) is 0. The normalized spacial score (nSPS) is 11.0. The van der Waals surface area contributed by atoms with Crippen LogP contribution in [0.3, 0.4) is 0 Å². The molecule has 0 saturated carbocycles. The van der Waals surface area contributed by atoms with Crippen LogP contribution in [0.2, 0.25) is 0 Å². The van der Waals surface area contributed by atoms with Gasteiger partial charge in [-0.05, 0) is 113 Å². The lowest BCUT2D eigenvalue weighted by Crippen LogP contribution is -1.87. The molecule has 0 aliphatic heterocycles. The summed E-state index contributed by atoms with van der Waals surface area (Å²) < 4.78 is 0. The zero-order valence-corrected chi connectivity index (χ0v) is 24.6. The van der Waals surface area contributed by atoms with Crippen LogP contribution in [0.1, 0.15) is 5.69 Å². The van der Waals surface area contributed by atoms with E-state index in [0.717, 1.165) is 44.5 Å². The summed E-state index contributed by atoms with van der Waals surface area (Å²) >= 11 is 0. The molecule has 2 aromatic heterocycles. The molecule has 0 bridgehead atoms. The lowest BCUT2D eigenvalue weighted by molar-refractivity contribution is 1.26. The summed E-state index contributed by atoms with van der Waals surface area (Å²) in [5.41, 5.74) is 9.09. The molecule has 2 heterocycles. The first kappa shape index (κ1) is 27.0. The largest absolute Gasteiger partial charge is 0.361 e. The van der Waals surface area contributed by atoms with E-state index in [9.17, 15) is 5.26 Å². The Labute approximate surface area is 266 Å². The molecule has 8 aromatic rings. The molecule has 0 aliphatic rings. The van der Waals surface area contributed by atoms with Gasteiger partial charge in [0.2, 0.25) is 0 Å². The fourth-order valence-corrected chi connectivity index (χ4v) is 6.36. The topological polar surface area (TPSA) is 53.9 Å². The lowest BCUT2D eigenvalue weighted by Gasteiger charge is -2.14. The molecule has 0 fully saturated rings. The lowest BCUT2D eigenvalue weighted by atomic mass is 9.90. The Kier molecular flexibility index (Phi) is 6.53. The predicted octanol–water partition coefficient (Wildman–Crippen LogP) is 11.0. The standard InChI is InChI=1S/C42H24N4/c1-44-42-25-34(19-21-46-42)30-12-8-28(9-13-30)32-15-17-39-38-16-14-31(23-40(38)36-4-2-3-5-37(36)41(39)24-32)27-6-10-29(11-7-27)33-18-20-45-35(22-33)26-43/h2-25H. The molecular formula is C42H24N4. The van der Waals surface area contributed by atoms with E-state index in [0.29, 0.717) is 11.5 Å². The van der Waals surface area contributed by atoms with Crippen molar-refractivity contribution in [3.05, 3.63) is 163 Å². The monoisotopic (exact) mass is 584 g/mol. The van der Waals surface area contributed by atoms with E-state index in [1.807, 2.05) is 24.3 Å². The predicted molar refractivity (Wildman–Crippen MR) is 187 cm³/mol. The average molecular weight is 585 g/mol. The molecule has 0 radical (unpaired) electrons. The van der Waals surface area contributed by atoms with E-state index in [1.54, 1.807) is 12.4 Å². The molecule has 0 amide bonds. The highest BCUT2D eigenvalue weighted by atomic mass is 14.8. The van der Waals surface area contributed by atoms with Crippen LogP contribution >= 0.6 is 0 Å². The number of aromatic nitrogens is 2. The summed E-state index contributed by atoms with van der Waals surface area (Å²) in [4.78, 5) is 11.7. The van der Waals surface area contributed by atoms with Gasteiger partial charge in [-0.15, -0.1) is 4.98 Å².